The summed E-state index contributed by atoms with van der Waals surface area (Å²) in [6, 6.07) is 13.8. The highest BCUT2D eigenvalue weighted by atomic mass is 19.4. The number of nitrogens with zero attached hydrogens (tertiary/aromatic N) is 1. The second-order valence-corrected chi connectivity index (χ2v) is 10.5. The van der Waals surface area contributed by atoms with Gasteiger partial charge in [-0.25, -0.2) is 4.79 Å². The first-order valence-corrected chi connectivity index (χ1v) is 12.2. The second-order valence-electron chi connectivity index (χ2n) is 10.5. The van der Waals surface area contributed by atoms with Gasteiger partial charge in [0.1, 0.15) is 5.60 Å². The van der Waals surface area contributed by atoms with E-state index in [0.29, 0.717) is 17.5 Å². The monoisotopic (exact) mass is 489 g/mol. The van der Waals surface area contributed by atoms with Crippen LogP contribution in [0.4, 0.5) is 18.0 Å². The Morgan fingerprint density at radius 3 is 2.51 bits per heavy atom. The highest BCUT2D eigenvalue weighted by Gasteiger charge is 2.38. The number of carbonyl (C=O) groups is 1. The molecule has 35 heavy (non-hydrogen) atoms. The van der Waals surface area contributed by atoms with Crippen LogP contribution in [0.2, 0.25) is 0 Å². The molecule has 2 fully saturated rings. The Kier molecular flexibility index (Phi) is 7.43. The van der Waals surface area contributed by atoms with Crippen molar-refractivity contribution in [2.45, 2.75) is 63.4 Å². The minimum absolute atomic E-state index is 0.119. The highest BCUT2D eigenvalue weighted by Crippen LogP contribution is 2.41. The van der Waals surface area contributed by atoms with Gasteiger partial charge in [-0.2, -0.15) is 13.2 Å². The molecule has 190 valence electrons. The van der Waals surface area contributed by atoms with E-state index in [4.69, 9.17) is 4.74 Å². The van der Waals surface area contributed by atoms with Gasteiger partial charge in [-0.05, 0) is 62.4 Å². The molecule has 0 spiro atoms. The third kappa shape index (κ3) is 7.21. The van der Waals surface area contributed by atoms with E-state index >= 15 is 0 Å². The van der Waals surface area contributed by atoms with E-state index < -0.39 is 17.3 Å². The van der Waals surface area contributed by atoms with Crippen molar-refractivity contribution in [3.63, 3.8) is 0 Å². The van der Waals surface area contributed by atoms with Gasteiger partial charge in [0.05, 0.1) is 5.56 Å². The first-order chi connectivity index (χ1) is 16.5. The largest absolute Gasteiger partial charge is 0.444 e. The van der Waals surface area contributed by atoms with Gasteiger partial charge in [0, 0.05) is 44.2 Å². The predicted molar refractivity (Wildman–Crippen MR) is 130 cm³/mol. The van der Waals surface area contributed by atoms with Gasteiger partial charge in [-0.15, -0.1) is 0 Å². The molecule has 1 amide bonds. The van der Waals surface area contributed by atoms with Crippen molar-refractivity contribution in [2.75, 3.05) is 26.2 Å². The van der Waals surface area contributed by atoms with Crippen LogP contribution >= 0.6 is 0 Å². The zero-order valence-corrected chi connectivity index (χ0v) is 20.5. The van der Waals surface area contributed by atoms with E-state index in [-0.39, 0.29) is 12.1 Å². The number of benzene rings is 2. The van der Waals surface area contributed by atoms with Crippen LogP contribution in [-0.4, -0.2) is 54.9 Å². The molecule has 1 saturated heterocycles. The van der Waals surface area contributed by atoms with Gasteiger partial charge in [0.25, 0.3) is 0 Å². The van der Waals surface area contributed by atoms with Crippen LogP contribution in [-0.2, 0) is 10.9 Å². The Morgan fingerprint density at radius 1 is 1.09 bits per heavy atom. The molecule has 1 heterocycles. The molecule has 4 rings (SSSR count). The number of hydrogen-bond donors (Lipinski definition) is 2. The lowest BCUT2D eigenvalue weighted by Gasteiger charge is -2.22. The molecule has 8 heteroatoms. The van der Waals surface area contributed by atoms with Crippen LogP contribution < -0.4 is 10.6 Å². The molecule has 1 saturated carbocycles. The lowest BCUT2D eigenvalue weighted by Crippen LogP contribution is -2.41. The maximum atomic E-state index is 13.0. The van der Waals surface area contributed by atoms with E-state index in [2.05, 4.69) is 15.5 Å². The zero-order chi connectivity index (χ0) is 25.2. The fraction of sp³-hybridized carbons (Fsp3) is 0.519. The summed E-state index contributed by atoms with van der Waals surface area (Å²) in [4.78, 5) is 14.3. The number of hydrogen-bond acceptors (Lipinski definition) is 4. The summed E-state index contributed by atoms with van der Waals surface area (Å²) in [6.07, 6.45) is -2.72. The molecule has 2 aromatic rings. The molecule has 5 nitrogen and oxygen atoms in total. The number of likely N-dealkylation sites (tertiary alicyclic amines) is 1. The first kappa shape index (κ1) is 25.5. The summed E-state index contributed by atoms with van der Waals surface area (Å²) in [7, 11) is 0. The number of rotatable bonds is 7. The number of nitrogens with one attached hydrogen (secondary N) is 2. The summed E-state index contributed by atoms with van der Waals surface area (Å²) in [5.74, 6) is 0.436. The van der Waals surface area contributed by atoms with Crippen LogP contribution in [0, 0.1) is 0 Å². The Balaban J connectivity index is 1.19. The number of amides is 1. The van der Waals surface area contributed by atoms with Gasteiger partial charge in [-0.3, -0.25) is 4.90 Å². The normalized spacial score (nSPS) is 22.7. The fourth-order valence-electron chi connectivity index (χ4n) is 4.62. The molecule has 2 aliphatic rings. The lowest BCUT2D eigenvalue weighted by molar-refractivity contribution is -0.137. The maximum Gasteiger partial charge on any atom is 0.416 e. The Labute approximate surface area is 205 Å². The van der Waals surface area contributed by atoms with E-state index in [1.807, 2.05) is 45.0 Å². The van der Waals surface area contributed by atoms with Crippen molar-refractivity contribution in [1.29, 1.82) is 0 Å². The van der Waals surface area contributed by atoms with Crippen LogP contribution in [0.5, 0.6) is 0 Å². The van der Waals surface area contributed by atoms with Crippen molar-refractivity contribution in [2.24, 2.45) is 0 Å². The zero-order valence-electron chi connectivity index (χ0n) is 20.5. The Bertz CT molecular complexity index is 1020. The number of alkyl carbamates (subject to hydrolysis) is 1. The van der Waals surface area contributed by atoms with Gasteiger partial charge in [-0.1, -0.05) is 36.4 Å². The topological polar surface area (TPSA) is 53.6 Å². The van der Waals surface area contributed by atoms with Crippen molar-refractivity contribution < 1.29 is 22.7 Å². The predicted octanol–water partition coefficient (Wildman–Crippen LogP) is 5.42. The molecule has 0 unspecified atom stereocenters. The van der Waals surface area contributed by atoms with E-state index in [0.717, 1.165) is 50.7 Å². The number of carbonyl (C=O) groups excluding carboxylic acids is 1. The number of halogens is 3. The third-order valence-corrected chi connectivity index (χ3v) is 6.48. The third-order valence-electron chi connectivity index (χ3n) is 6.48. The van der Waals surface area contributed by atoms with Gasteiger partial charge < -0.3 is 15.4 Å². The molecule has 0 aromatic heterocycles. The van der Waals surface area contributed by atoms with Crippen molar-refractivity contribution in [3.8, 4) is 11.1 Å². The first-order valence-electron chi connectivity index (χ1n) is 12.2. The summed E-state index contributed by atoms with van der Waals surface area (Å²) in [6.45, 7) is 9.14. The molecule has 1 aliphatic carbocycles. The van der Waals surface area contributed by atoms with Crippen LogP contribution in [0.15, 0.2) is 48.5 Å². The quantitative estimate of drug-likeness (QED) is 0.546. The highest BCUT2D eigenvalue weighted by molar-refractivity contribution is 5.68. The Hall–Kier alpha value is -2.58. The van der Waals surface area contributed by atoms with Gasteiger partial charge in [0.2, 0.25) is 0 Å². The smallest absolute Gasteiger partial charge is 0.416 e. The molecule has 0 bridgehead atoms. The van der Waals surface area contributed by atoms with Crippen LogP contribution in [0.25, 0.3) is 11.1 Å². The van der Waals surface area contributed by atoms with E-state index in [9.17, 15) is 18.0 Å². The SMILES string of the molecule is CC(C)(C)OC(=O)N[C@H]1CCN(CCN[C@@H]2C[C@H]2c2ccc(-c3cccc(C(F)(F)F)c3)cc2)C1. The summed E-state index contributed by atoms with van der Waals surface area (Å²) >= 11 is 0. The van der Waals surface area contributed by atoms with E-state index in [1.54, 1.807) is 6.07 Å². The van der Waals surface area contributed by atoms with Gasteiger partial charge >= 0.3 is 12.3 Å². The van der Waals surface area contributed by atoms with Crippen molar-refractivity contribution >= 4 is 6.09 Å². The van der Waals surface area contributed by atoms with E-state index in [1.165, 1.54) is 17.7 Å². The van der Waals surface area contributed by atoms with Crippen LogP contribution in [0.3, 0.4) is 0 Å². The minimum Gasteiger partial charge on any atom is -0.444 e. The Morgan fingerprint density at radius 2 is 1.83 bits per heavy atom. The lowest BCUT2D eigenvalue weighted by atomic mass is 10.0. The maximum absolute atomic E-state index is 13.0. The van der Waals surface area contributed by atoms with Crippen LogP contribution in [0.1, 0.15) is 50.7 Å². The molecular weight excluding hydrogens is 455 g/mol. The van der Waals surface area contributed by atoms with Crippen molar-refractivity contribution in [1.82, 2.24) is 15.5 Å². The van der Waals surface area contributed by atoms with Gasteiger partial charge in [0.15, 0.2) is 0 Å². The summed E-state index contributed by atoms with van der Waals surface area (Å²) in [5.41, 5.74) is 1.44. The molecular formula is C27H34F3N3O2. The minimum atomic E-state index is -4.34. The molecule has 1 aliphatic heterocycles. The second kappa shape index (κ2) is 10.2. The molecule has 0 radical (unpaired) electrons. The average molecular weight is 490 g/mol. The fourth-order valence-corrected chi connectivity index (χ4v) is 4.62. The number of ether oxygens (including phenoxy) is 1. The molecule has 2 aromatic carbocycles. The standard InChI is InChI=1S/C27H34F3N3O2/c1-26(2,3)35-25(34)32-22-11-13-33(17-22)14-12-31-24-16-23(24)19-9-7-18(8-10-19)20-5-4-6-21(15-20)27(28,29)30/h4-10,15,22-24,31H,11-14,16-17H2,1-3H3,(H,32,34)/t22-,23-,24+/m0/s1. The average Bonchev–Trinajstić information content (AvgIpc) is 3.42. The number of alkyl halides is 3. The molecule has 3 atom stereocenters. The van der Waals surface area contributed by atoms with Crippen molar-refractivity contribution in [3.05, 3.63) is 59.7 Å². The summed E-state index contributed by atoms with van der Waals surface area (Å²) < 4.78 is 44.3. The molecule has 2 N–H and O–H groups in total. The summed E-state index contributed by atoms with van der Waals surface area (Å²) in [5, 5.41) is 6.56.